The maximum absolute atomic E-state index is 14.3. The molecule has 1 amide bonds. The second-order valence-electron chi connectivity index (χ2n) is 9.73. The highest BCUT2D eigenvalue weighted by molar-refractivity contribution is 6.05. The van der Waals surface area contributed by atoms with Gasteiger partial charge in [-0.1, -0.05) is 6.07 Å². The zero-order chi connectivity index (χ0) is 30.1. The summed E-state index contributed by atoms with van der Waals surface area (Å²) in [6, 6.07) is 4.74. The van der Waals surface area contributed by atoms with Crippen molar-refractivity contribution in [1.82, 2.24) is 14.7 Å². The molecule has 0 radical (unpaired) electrons. The SMILES string of the molecule is O=C(CN(Cc1cc(F)cc(F)c1)C(=O)c1cnn([C@H]2CC[C@H](C(=O)O)CC2)c1C(F)(F)F)c1c(O)cccc1O. The van der Waals surface area contributed by atoms with Gasteiger partial charge >= 0.3 is 12.1 Å². The molecule has 1 aromatic heterocycles. The molecule has 1 aliphatic carbocycles. The van der Waals surface area contributed by atoms with E-state index >= 15 is 0 Å². The number of phenols is 2. The molecule has 0 spiro atoms. The van der Waals surface area contributed by atoms with E-state index in [-0.39, 0.29) is 31.2 Å². The second kappa shape index (κ2) is 11.6. The Hall–Kier alpha value is -4.49. The largest absolute Gasteiger partial charge is 0.507 e. The number of carbonyl (C=O) groups excluding carboxylic acids is 2. The molecule has 0 atom stereocenters. The summed E-state index contributed by atoms with van der Waals surface area (Å²) in [7, 11) is 0. The lowest BCUT2D eigenvalue weighted by molar-refractivity contribution is -0.147. The van der Waals surface area contributed by atoms with Crippen molar-refractivity contribution in [3.8, 4) is 11.5 Å². The number of aliphatic carboxylic acids is 1. The van der Waals surface area contributed by atoms with Gasteiger partial charge in [-0.15, -0.1) is 0 Å². The standard InChI is InChI=1S/C27H24F5N3O6/c28-16-8-14(9-17(29)10-16)12-34(13-22(38)23-20(36)2-1-3-21(23)37)25(39)19-11-33-35(24(19)27(30,31)32)18-6-4-15(5-7-18)26(40)41/h1-3,8-11,15,18,36-37H,4-7,12-13H2,(H,40,41)/t15-,18-. The molecule has 0 aliphatic heterocycles. The fourth-order valence-electron chi connectivity index (χ4n) is 5.00. The van der Waals surface area contributed by atoms with Gasteiger partial charge in [0.1, 0.15) is 28.7 Å². The van der Waals surface area contributed by atoms with Gasteiger partial charge in [0.2, 0.25) is 0 Å². The number of carboxylic acid groups (broad SMARTS) is 1. The number of nitrogens with zero attached hydrogens (tertiary/aromatic N) is 3. The van der Waals surface area contributed by atoms with Crippen LogP contribution in [0.4, 0.5) is 22.0 Å². The fraction of sp³-hybridized carbons (Fsp3) is 0.333. The van der Waals surface area contributed by atoms with Crippen LogP contribution >= 0.6 is 0 Å². The van der Waals surface area contributed by atoms with Gasteiger partial charge in [-0.25, -0.2) is 8.78 Å². The molecule has 218 valence electrons. The van der Waals surface area contributed by atoms with E-state index < -0.39 is 88.8 Å². The van der Waals surface area contributed by atoms with Crippen LogP contribution in [0.3, 0.4) is 0 Å². The Kier molecular flexibility index (Phi) is 8.31. The van der Waals surface area contributed by atoms with Gasteiger partial charge < -0.3 is 20.2 Å². The van der Waals surface area contributed by atoms with Gasteiger partial charge in [0.05, 0.1) is 30.3 Å². The van der Waals surface area contributed by atoms with Crippen LogP contribution < -0.4 is 0 Å². The van der Waals surface area contributed by atoms with Crippen LogP contribution in [0.5, 0.6) is 11.5 Å². The number of amides is 1. The van der Waals surface area contributed by atoms with Crippen LogP contribution in [0.15, 0.2) is 42.6 Å². The van der Waals surface area contributed by atoms with Crippen LogP contribution in [0.1, 0.15) is 63.7 Å². The second-order valence-corrected chi connectivity index (χ2v) is 9.73. The number of Topliss-reactive ketones (excluding diaryl/α,β-unsaturated/α-hetero) is 1. The summed E-state index contributed by atoms with van der Waals surface area (Å²) in [5.74, 6) is -7.54. The van der Waals surface area contributed by atoms with Crippen molar-refractivity contribution in [1.29, 1.82) is 0 Å². The molecule has 1 saturated carbocycles. The number of aromatic nitrogens is 2. The summed E-state index contributed by atoms with van der Waals surface area (Å²) in [6.07, 6.45) is -4.08. The quantitative estimate of drug-likeness (QED) is 0.254. The van der Waals surface area contributed by atoms with E-state index in [1.54, 1.807) is 0 Å². The molecular weight excluding hydrogens is 557 g/mol. The van der Waals surface area contributed by atoms with Crippen molar-refractivity contribution in [3.05, 3.63) is 76.6 Å². The number of hydrogen-bond donors (Lipinski definition) is 3. The zero-order valence-corrected chi connectivity index (χ0v) is 21.2. The van der Waals surface area contributed by atoms with Crippen LogP contribution in [0, 0.1) is 17.6 Å². The monoisotopic (exact) mass is 581 g/mol. The number of benzene rings is 2. The summed E-state index contributed by atoms with van der Waals surface area (Å²) >= 11 is 0. The van der Waals surface area contributed by atoms with E-state index in [2.05, 4.69) is 5.10 Å². The van der Waals surface area contributed by atoms with Crippen LogP contribution in [0.2, 0.25) is 0 Å². The minimum atomic E-state index is -5.10. The smallest absolute Gasteiger partial charge is 0.433 e. The Balaban J connectivity index is 1.73. The third-order valence-electron chi connectivity index (χ3n) is 6.90. The van der Waals surface area contributed by atoms with Crippen molar-refractivity contribution in [3.63, 3.8) is 0 Å². The normalized spacial score (nSPS) is 17.3. The molecule has 3 aromatic rings. The molecule has 0 unspecified atom stereocenters. The van der Waals surface area contributed by atoms with Gasteiger partial charge in [-0.3, -0.25) is 19.1 Å². The lowest BCUT2D eigenvalue weighted by Gasteiger charge is -2.28. The molecule has 4 rings (SSSR count). The highest BCUT2D eigenvalue weighted by Crippen LogP contribution is 2.39. The number of aromatic hydroxyl groups is 2. The van der Waals surface area contributed by atoms with E-state index in [9.17, 15) is 51.7 Å². The minimum Gasteiger partial charge on any atom is -0.507 e. The molecule has 9 nitrogen and oxygen atoms in total. The number of carboxylic acids is 1. The molecule has 1 heterocycles. The van der Waals surface area contributed by atoms with E-state index in [0.717, 1.165) is 24.3 Å². The Bertz CT molecular complexity index is 1440. The number of phenolic OH excluding ortho intramolecular Hbond substituents is 2. The van der Waals surface area contributed by atoms with Crippen molar-refractivity contribution < 1.29 is 51.7 Å². The molecule has 1 fully saturated rings. The van der Waals surface area contributed by atoms with Crippen LogP contribution in [-0.4, -0.2) is 54.2 Å². The minimum absolute atomic E-state index is 0.0622. The van der Waals surface area contributed by atoms with Gasteiger partial charge in [-0.2, -0.15) is 18.3 Å². The molecule has 41 heavy (non-hydrogen) atoms. The van der Waals surface area contributed by atoms with E-state index in [1.807, 2.05) is 0 Å². The maximum atomic E-state index is 14.3. The molecular formula is C27H24F5N3O6. The Labute approximate surface area is 229 Å². The van der Waals surface area contributed by atoms with Gasteiger partial charge in [-0.05, 0) is 55.5 Å². The number of halogens is 5. The molecule has 3 N–H and O–H groups in total. The van der Waals surface area contributed by atoms with Crippen LogP contribution in [0.25, 0.3) is 0 Å². The van der Waals surface area contributed by atoms with Crippen molar-refractivity contribution in [2.45, 2.75) is 44.4 Å². The first kappa shape index (κ1) is 29.5. The molecule has 2 aromatic carbocycles. The average molecular weight is 581 g/mol. The molecule has 0 saturated heterocycles. The highest BCUT2D eigenvalue weighted by atomic mass is 19.4. The van der Waals surface area contributed by atoms with Crippen molar-refractivity contribution >= 4 is 17.7 Å². The summed E-state index contributed by atoms with van der Waals surface area (Å²) in [5, 5.41) is 33.1. The first-order valence-electron chi connectivity index (χ1n) is 12.4. The van der Waals surface area contributed by atoms with Gasteiger partial charge in [0.15, 0.2) is 11.5 Å². The summed E-state index contributed by atoms with van der Waals surface area (Å²) in [5.41, 5.74) is -3.14. The lowest BCUT2D eigenvalue weighted by atomic mass is 9.86. The third-order valence-corrected chi connectivity index (χ3v) is 6.90. The van der Waals surface area contributed by atoms with Gasteiger partial charge in [0, 0.05) is 12.6 Å². The topological polar surface area (TPSA) is 133 Å². The van der Waals surface area contributed by atoms with E-state index in [1.165, 1.54) is 6.07 Å². The highest BCUT2D eigenvalue weighted by Gasteiger charge is 2.43. The van der Waals surface area contributed by atoms with Gasteiger partial charge in [0.25, 0.3) is 5.91 Å². The Morgan fingerprint density at radius 3 is 2.10 bits per heavy atom. The Morgan fingerprint density at radius 1 is 0.976 bits per heavy atom. The molecule has 1 aliphatic rings. The van der Waals surface area contributed by atoms with E-state index in [0.29, 0.717) is 21.8 Å². The first-order chi connectivity index (χ1) is 19.3. The number of ketones is 1. The number of alkyl halides is 3. The van der Waals surface area contributed by atoms with Crippen molar-refractivity contribution in [2.24, 2.45) is 5.92 Å². The predicted molar refractivity (Wildman–Crippen MR) is 131 cm³/mol. The zero-order valence-electron chi connectivity index (χ0n) is 21.2. The maximum Gasteiger partial charge on any atom is 0.433 e. The van der Waals surface area contributed by atoms with Crippen molar-refractivity contribution in [2.75, 3.05) is 6.54 Å². The summed E-state index contributed by atoms with van der Waals surface area (Å²) in [4.78, 5) is 38.5. The number of carbonyl (C=O) groups is 3. The summed E-state index contributed by atoms with van der Waals surface area (Å²) in [6.45, 7) is -1.69. The van der Waals surface area contributed by atoms with E-state index in [4.69, 9.17) is 0 Å². The Morgan fingerprint density at radius 2 is 1.56 bits per heavy atom. The number of hydrogen-bond acceptors (Lipinski definition) is 6. The first-order valence-corrected chi connectivity index (χ1v) is 12.4. The predicted octanol–water partition coefficient (Wildman–Crippen LogP) is 4.93. The molecule has 0 bridgehead atoms. The average Bonchev–Trinajstić information content (AvgIpc) is 3.33. The lowest BCUT2D eigenvalue weighted by Crippen LogP contribution is -2.36. The van der Waals surface area contributed by atoms with Crippen LogP contribution in [-0.2, 0) is 17.5 Å². The summed E-state index contributed by atoms with van der Waals surface area (Å²) < 4.78 is 71.4. The molecule has 14 heteroatoms. The fourth-order valence-corrected chi connectivity index (χ4v) is 5.00. The third kappa shape index (κ3) is 6.47. The number of rotatable bonds is 8.